The lowest BCUT2D eigenvalue weighted by Gasteiger charge is -2.27. The first-order valence-corrected chi connectivity index (χ1v) is 8.97. The minimum atomic E-state index is -3.18. The maximum atomic E-state index is 12.5. The number of halogens is 1. The molecule has 106 valence electrons. The monoisotopic (exact) mass is 355 g/mol. The normalized spacial score (nSPS) is 23.8. The molecular formula is C14H14BrNO3S. The fraction of sp³-hybridized carbons (Fsp3) is 0.357. The van der Waals surface area contributed by atoms with Gasteiger partial charge in [-0.2, -0.15) is 0 Å². The summed E-state index contributed by atoms with van der Waals surface area (Å²) in [6.07, 6.45) is 3.40. The lowest BCUT2D eigenvalue weighted by molar-refractivity contribution is -0.120. The van der Waals surface area contributed by atoms with Gasteiger partial charge in [-0.25, -0.2) is 8.42 Å². The third-order valence-corrected chi connectivity index (χ3v) is 5.42. The Morgan fingerprint density at radius 3 is 2.35 bits per heavy atom. The summed E-state index contributed by atoms with van der Waals surface area (Å²) in [5.74, 6) is 0.0519. The Bertz CT molecular complexity index is 662. The van der Waals surface area contributed by atoms with Gasteiger partial charge in [0.2, 0.25) is 5.91 Å². The van der Waals surface area contributed by atoms with Gasteiger partial charge in [0.25, 0.3) is 0 Å². The Morgan fingerprint density at radius 1 is 1.20 bits per heavy atom. The van der Waals surface area contributed by atoms with Crippen molar-refractivity contribution < 1.29 is 13.2 Å². The number of benzene rings is 1. The molecule has 1 aliphatic heterocycles. The van der Waals surface area contributed by atoms with Gasteiger partial charge in [-0.1, -0.05) is 15.9 Å². The van der Waals surface area contributed by atoms with E-state index in [1.165, 1.54) is 5.41 Å². The van der Waals surface area contributed by atoms with Crippen molar-refractivity contribution in [3.8, 4) is 0 Å². The molecule has 0 spiro atoms. The third kappa shape index (κ3) is 2.81. The predicted octanol–water partition coefficient (Wildman–Crippen LogP) is 2.50. The molecule has 0 N–H and O–H groups in total. The van der Waals surface area contributed by atoms with Gasteiger partial charge in [-0.15, -0.1) is 0 Å². The van der Waals surface area contributed by atoms with Crippen LogP contribution in [0.2, 0.25) is 0 Å². The lowest BCUT2D eigenvalue weighted by Crippen LogP contribution is -2.42. The van der Waals surface area contributed by atoms with E-state index in [9.17, 15) is 13.2 Å². The van der Waals surface area contributed by atoms with Gasteiger partial charge >= 0.3 is 0 Å². The number of nitrogens with zero attached hydrogens (tertiary/aromatic N) is 1. The van der Waals surface area contributed by atoms with Crippen LogP contribution >= 0.6 is 15.9 Å². The second-order valence-electron chi connectivity index (χ2n) is 5.18. The number of hydrogen-bond acceptors (Lipinski definition) is 3. The summed E-state index contributed by atoms with van der Waals surface area (Å²) in [5, 5.41) is 1.21. The van der Waals surface area contributed by atoms with Crippen molar-refractivity contribution in [2.75, 3.05) is 10.7 Å². The van der Waals surface area contributed by atoms with Crippen LogP contribution in [0.5, 0.6) is 0 Å². The molecule has 1 aliphatic carbocycles. The highest BCUT2D eigenvalue weighted by Crippen LogP contribution is 2.35. The molecule has 1 heterocycles. The molecule has 0 aromatic heterocycles. The molecule has 0 radical (unpaired) electrons. The van der Waals surface area contributed by atoms with Crippen LogP contribution in [-0.2, 0) is 14.6 Å². The van der Waals surface area contributed by atoms with Crippen molar-refractivity contribution in [2.45, 2.75) is 18.9 Å². The molecule has 0 saturated heterocycles. The van der Waals surface area contributed by atoms with E-state index in [-0.39, 0.29) is 17.6 Å². The Labute approximate surface area is 126 Å². The van der Waals surface area contributed by atoms with E-state index in [1.807, 2.05) is 24.3 Å². The Hall–Kier alpha value is -1.14. The van der Waals surface area contributed by atoms with Crippen LogP contribution in [0.3, 0.4) is 0 Å². The van der Waals surface area contributed by atoms with Gasteiger partial charge in [0.1, 0.15) is 0 Å². The van der Waals surface area contributed by atoms with Crippen LogP contribution in [0.1, 0.15) is 12.8 Å². The van der Waals surface area contributed by atoms with Crippen LogP contribution < -0.4 is 4.90 Å². The number of amides is 1. The van der Waals surface area contributed by atoms with Crippen LogP contribution in [0.25, 0.3) is 0 Å². The minimum absolute atomic E-state index is 0.0263. The Balaban J connectivity index is 1.94. The van der Waals surface area contributed by atoms with Crippen molar-refractivity contribution >= 4 is 37.4 Å². The number of carbonyl (C=O) groups is 1. The van der Waals surface area contributed by atoms with E-state index >= 15 is 0 Å². The average molecular weight is 356 g/mol. The molecule has 1 aromatic rings. The first-order chi connectivity index (χ1) is 9.46. The van der Waals surface area contributed by atoms with Crippen LogP contribution in [0.15, 0.2) is 40.2 Å². The second kappa shape index (κ2) is 5.00. The van der Waals surface area contributed by atoms with Gasteiger partial charge in [0, 0.05) is 21.5 Å². The van der Waals surface area contributed by atoms with Gasteiger partial charge < -0.3 is 4.90 Å². The highest BCUT2D eigenvalue weighted by molar-refractivity contribution is 9.10. The zero-order chi connectivity index (χ0) is 14.3. The summed E-state index contributed by atoms with van der Waals surface area (Å²) in [6.45, 7) is 0. The third-order valence-electron chi connectivity index (χ3n) is 3.51. The van der Waals surface area contributed by atoms with Crippen LogP contribution in [0, 0.1) is 5.92 Å². The molecule has 1 atom stereocenters. The number of carbonyl (C=O) groups excluding carboxylic acids is 1. The van der Waals surface area contributed by atoms with Crippen molar-refractivity contribution in [2.24, 2.45) is 5.92 Å². The molecule has 0 bridgehead atoms. The van der Waals surface area contributed by atoms with E-state index in [4.69, 9.17) is 0 Å². The molecule has 1 saturated carbocycles. The van der Waals surface area contributed by atoms with E-state index in [2.05, 4.69) is 15.9 Å². The first kappa shape index (κ1) is 13.8. The zero-order valence-corrected chi connectivity index (χ0v) is 13.1. The molecule has 1 amide bonds. The molecule has 20 heavy (non-hydrogen) atoms. The lowest BCUT2D eigenvalue weighted by atomic mass is 10.2. The summed E-state index contributed by atoms with van der Waals surface area (Å²) < 4.78 is 24.1. The van der Waals surface area contributed by atoms with Gasteiger partial charge in [0.05, 0.1) is 11.8 Å². The van der Waals surface area contributed by atoms with Crippen molar-refractivity contribution in [1.29, 1.82) is 0 Å². The number of sulfone groups is 1. The van der Waals surface area contributed by atoms with Crippen molar-refractivity contribution in [3.63, 3.8) is 0 Å². The maximum absolute atomic E-state index is 12.5. The summed E-state index contributed by atoms with van der Waals surface area (Å²) in [7, 11) is -3.18. The van der Waals surface area contributed by atoms with Crippen molar-refractivity contribution in [3.05, 3.63) is 40.2 Å². The smallest absolute Gasteiger partial charge is 0.230 e. The molecule has 1 aromatic carbocycles. The SMILES string of the molecule is O=C(C1CC1)N(c1ccc(Br)cc1)[C@H]1C=CS(=O)(=O)C1. The summed E-state index contributed by atoms with van der Waals surface area (Å²) in [4.78, 5) is 14.1. The summed E-state index contributed by atoms with van der Waals surface area (Å²) in [6, 6.07) is 6.99. The molecule has 0 unspecified atom stereocenters. The van der Waals surface area contributed by atoms with E-state index < -0.39 is 15.9 Å². The molecule has 2 aliphatic rings. The average Bonchev–Trinajstić information content (AvgIpc) is 3.17. The largest absolute Gasteiger partial charge is 0.304 e. The standard InChI is InChI=1S/C14H14BrNO3S/c15-11-3-5-12(6-4-11)16(14(17)10-1-2-10)13-7-8-20(18,19)9-13/h3-8,10,13H,1-2,9H2/t13-/m0/s1. The minimum Gasteiger partial charge on any atom is -0.304 e. The molecular weight excluding hydrogens is 342 g/mol. The molecule has 3 rings (SSSR count). The highest BCUT2D eigenvalue weighted by atomic mass is 79.9. The quantitative estimate of drug-likeness (QED) is 0.836. The second-order valence-corrected chi connectivity index (χ2v) is 8.03. The Kier molecular flexibility index (Phi) is 3.46. The Morgan fingerprint density at radius 2 is 1.85 bits per heavy atom. The molecule has 4 nitrogen and oxygen atoms in total. The molecule has 1 fully saturated rings. The van der Waals surface area contributed by atoms with Gasteiger partial charge in [0.15, 0.2) is 9.84 Å². The fourth-order valence-electron chi connectivity index (χ4n) is 2.33. The van der Waals surface area contributed by atoms with Crippen LogP contribution in [0.4, 0.5) is 5.69 Å². The topological polar surface area (TPSA) is 54.5 Å². The van der Waals surface area contributed by atoms with Gasteiger partial charge in [-0.05, 0) is 43.2 Å². The number of anilines is 1. The maximum Gasteiger partial charge on any atom is 0.230 e. The van der Waals surface area contributed by atoms with Gasteiger partial charge in [-0.3, -0.25) is 4.79 Å². The predicted molar refractivity (Wildman–Crippen MR) is 81.1 cm³/mol. The first-order valence-electron chi connectivity index (χ1n) is 6.46. The number of rotatable bonds is 3. The van der Waals surface area contributed by atoms with E-state index in [1.54, 1.807) is 11.0 Å². The fourth-order valence-corrected chi connectivity index (χ4v) is 3.86. The molecule has 6 heteroatoms. The zero-order valence-electron chi connectivity index (χ0n) is 10.7. The summed E-state index contributed by atoms with van der Waals surface area (Å²) >= 11 is 3.36. The van der Waals surface area contributed by atoms with Crippen LogP contribution in [-0.4, -0.2) is 26.1 Å². The number of hydrogen-bond donors (Lipinski definition) is 0. The van der Waals surface area contributed by atoms with Crippen molar-refractivity contribution in [1.82, 2.24) is 0 Å². The summed E-state index contributed by atoms with van der Waals surface area (Å²) in [5.41, 5.74) is 0.747. The van der Waals surface area contributed by atoms with E-state index in [0.29, 0.717) is 0 Å². The van der Waals surface area contributed by atoms with E-state index in [0.717, 1.165) is 23.0 Å². The highest BCUT2D eigenvalue weighted by Gasteiger charge is 2.39.